The summed E-state index contributed by atoms with van der Waals surface area (Å²) in [7, 11) is 0. The summed E-state index contributed by atoms with van der Waals surface area (Å²) in [6.07, 6.45) is 9.63. The number of rotatable bonds is 0. The highest BCUT2D eigenvalue weighted by atomic mass is 16.1. The number of ketones is 1. The molecule has 4 aliphatic carbocycles. The maximum Gasteiger partial charge on any atom is 0.155 e. The molecule has 4 aliphatic rings. The van der Waals surface area contributed by atoms with Crippen molar-refractivity contribution in [2.45, 2.75) is 73.1 Å². The van der Waals surface area contributed by atoms with Crippen molar-refractivity contribution in [2.75, 3.05) is 0 Å². The van der Waals surface area contributed by atoms with E-state index in [2.05, 4.69) is 40.7 Å². The molecule has 3 fully saturated rings. The fourth-order valence-electron chi connectivity index (χ4n) is 7.54. The van der Waals surface area contributed by atoms with Crippen LogP contribution < -0.4 is 0 Å². The Morgan fingerprint density at radius 1 is 1.00 bits per heavy atom. The second-order valence-electron chi connectivity index (χ2n) is 9.94. The van der Waals surface area contributed by atoms with Crippen molar-refractivity contribution in [1.29, 1.82) is 0 Å². The molecule has 0 aromatic heterocycles. The van der Waals surface area contributed by atoms with Gasteiger partial charge in [-0.3, -0.25) is 4.79 Å². The average Bonchev–Trinajstić information content (AvgIpc) is 2.82. The van der Waals surface area contributed by atoms with E-state index in [0.717, 1.165) is 42.4 Å². The van der Waals surface area contributed by atoms with E-state index in [1.54, 1.807) is 0 Å². The predicted octanol–water partition coefficient (Wildman–Crippen LogP) is 5.65. The van der Waals surface area contributed by atoms with Crippen molar-refractivity contribution in [3.05, 3.63) is 11.6 Å². The minimum atomic E-state index is 0.303. The highest BCUT2D eigenvalue weighted by Crippen LogP contribution is 2.68. The van der Waals surface area contributed by atoms with Crippen LogP contribution in [0.4, 0.5) is 0 Å². The van der Waals surface area contributed by atoms with Crippen LogP contribution in [0.25, 0.3) is 0 Å². The highest BCUT2D eigenvalue weighted by molar-refractivity contribution is 5.91. The van der Waals surface area contributed by atoms with Gasteiger partial charge in [-0.05, 0) is 84.5 Å². The van der Waals surface area contributed by atoms with Gasteiger partial charge in [0.25, 0.3) is 0 Å². The summed E-state index contributed by atoms with van der Waals surface area (Å²) < 4.78 is 0. The number of hydrogen-bond acceptors (Lipinski definition) is 1. The van der Waals surface area contributed by atoms with Gasteiger partial charge < -0.3 is 0 Å². The molecule has 23 heavy (non-hydrogen) atoms. The number of allylic oxidation sites excluding steroid dienone is 1. The number of hydrogen-bond donors (Lipinski definition) is 0. The van der Waals surface area contributed by atoms with Crippen LogP contribution in [0.5, 0.6) is 0 Å². The molecule has 3 saturated carbocycles. The Balaban J connectivity index is 1.78. The third-order valence-electron chi connectivity index (χ3n) is 9.38. The third kappa shape index (κ3) is 1.94. The molecule has 0 radical (unpaired) electrons. The van der Waals surface area contributed by atoms with Crippen LogP contribution in [0.15, 0.2) is 11.6 Å². The molecule has 0 spiro atoms. The van der Waals surface area contributed by atoms with Crippen LogP contribution in [-0.2, 0) is 4.79 Å². The van der Waals surface area contributed by atoms with Crippen LogP contribution in [0.2, 0.25) is 0 Å². The van der Waals surface area contributed by atoms with E-state index in [1.165, 1.54) is 31.3 Å². The van der Waals surface area contributed by atoms with Gasteiger partial charge in [0, 0.05) is 6.42 Å². The van der Waals surface area contributed by atoms with Gasteiger partial charge in [0.2, 0.25) is 0 Å². The van der Waals surface area contributed by atoms with E-state index in [4.69, 9.17) is 0 Å². The Morgan fingerprint density at radius 2 is 1.74 bits per heavy atom. The molecule has 0 amide bonds. The number of carbonyl (C=O) groups is 1. The van der Waals surface area contributed by atoms with Crippen LogP contribution in [0.1, 0.15) is 73.1 Å². The zero-order valence-electron chi connectivity index (χ0n) is 15.7. The maximum atomic E-state index is 12.1. The Hall–Kier alpha value is -0.590. The largest absolute Gasteiger partial charge is 0.295 e. The van der Waals surface area contributed by atoms with Crippen molar-refractivity contribution < 1.29 is 4.79 Å². The van der Waals surface area contributed by atoms with Gasteiger partial charge in [0.05, 0.1) is 0 Å². The predicted molar refractivity (Wildman–Crippen MR) is 95.0 cm³/mol. The highest BCUT2D eigenvalue weighted by Gasteiger charge is 2.61. The van der Waals surface area contributed by atoms with Crippen molar-refractivity contribution in [2.24, 2.45) is 46.3 Å². The first kappa shape index (κ1) is 15.9. The molecule has 0 N–H and O–H groups in total. The van der Waals surface area contributed by atoms with Gasteiger partial charge in [-0.1, -0.05) is 40.2 Å². The Bertz CT molecular complexity index is 560. The molecule has 8 unspecified atom stereocenters. The number of fused-ring (bicyclic) bond motifs is 5. The molecule has 0 heterocycles. The lowest BCUT2D eigenvalue weighted by molar-refractivity contribution is -0.120. The molecule has 0 aromatic carbocycles. The van der Waals surface area contributed by atoms with Gasteiger partial charge in [0.1, 0.15) is 0 Å². The van der Waals surface area contributed by atoms with E-state index >= 15 is 0 Å². The normalized spacial score (nSPS) is 55.7. The molecular weight excluding hydrogens is 280 g/mol. The molecule has 1 heteroatoms. The lowest BCUT2D eigenvalue weighted by atomic mass is 9.43. The lowest BCUT2D eigenvalue weighted by Gasteiger charge is -2.62. The summed E-state index contributed by atoms with van der Waals surface area (Å²) in [6.45, 7) is 12.5. The quantitative estimate of drug-likeness (QED) is 0.565. The molecule has 0 aromatic rings. The zero-order chi connectivity index (χ0) is 16.6. The standard InChI is InChI=1S/C22H34O/c1-13-6-7-17-20-15(3)14(2)19-12-16(23)8-10-22(19,5)18(20)9-11-21(13,17)4/h12-15,17-18,20H,6-11H2,1-5H3. The van der Waals surface area contributed by atoms with Gasteiger partial charge in [-0.2, -0.15) is 0 Å². The number of carbonyl (C=O) groups excluding carboxylic acids is 1. The van der Waals surface area contributed by atoms with Crippen molar-refractivity contribution in [1.82, 2.24) is 0 Å². The van der Waals surface area contributed by atoms with Crippen LogP contribution in [0.3, 0.4) is 0 Å². The van der Waals surface area contributed by atoms with E-state index in [-0.39, 0.29) is 0 Å². The molecule has 128 valence electrons. The van der Waals surface area contributed by atoms with Crippen LogP contribution in [-0.4, -0.2) is 5.78 Å². The van der Waals surface area contributed by atoms with E-state index in [0.29, 0.717) is 22.5 Å². The molecule has 0 aliphatic heterocycles. The molecule has 0 saturated heterocycles. The SMILES string of the molecule is CC1C2=CC(=O)CCC2(C)C2CCC3(C)C(C)CCC3C2C1C. The summed E-state index contributed by atoms with van der Waals surface area (Å²) in [5.41, 5.74) is 2.40. The maximum absolute atomic E-state index is 12.1. The summed E-state index contributed by atoms with van der Waals surface area (Å²) in [6, 6.07) is 0. The fourth-order valence-corrected chi connectivity index (χ4v) is 7.54. The van der Waals surface area contributed by atoms with Gasteiger partial charge >= 0.3 is 0 Å². The van der Waals surface area contributed by atoms with Crippen molar-refractivity contribution in [3.8, 4) is 0 Å². The molecular formula is C22H34O. The first-order valence-electron chi connectivity index (χ1n) is 10.0. The second-order valence-corrected chi connectivity index (χ2v) is 9.94. The minimum absolute atomic E-state index is 0.303. The summed E-state index contributed by atoms with van der Waals surface area (Å²) in [5.74, 6) is 5.22. The smallest absolute Gasteiger partial charge is 0.155 e. The zero-order valence-corrected chi connectivity index (χ0v) is 15.7. The Morgan fingerprint density at radius 3 is 2.48 bits per heavy atom. The third-order valence-corrected chi connectivity index (χ3v) is 9.38. The van der Waals surface area contributed by atoms with Crippen molar-refractivity contribution >= 4 is 5.78 Å². The van der Waals surface area contributed by atoms with E-state index in [9.17, 15) is 4.79 Å². The first-order chi connectivity index (χ1) is 10.8. The monoisotopic (exact) mass is 314 g/mol. The average molecular weight is 315 g/mol. The fraction of sp³-hybridized carbons (Fsp3) is 0.864. The van der Waals surface area contributed by atoms with E-state index in [1.807, 2.05) is 0 Å². The lowest BCUT2D eigenvalue weighted by Crippen LogP contribution is -2.55. The molecule has 1 nitrogen and oxygen atoms in total. The second kappa shape index (κ2) is 4.96. The summed E-state index contributed by atoms with van der Waals surface area (Å²) >= 11 is 0. The van der Waals surface area contributed by atoms with Crippen LogP contribution >= 0.6 is 0 Å². The van der Waals surface area contributed by atoms with Crippen LogP contribution in [0, 0.1) is 46.3 Å². The van der Waals surface area contributed by atoms with Crippen molar-refractivity contribution in [3.63, 3.8) is 0 Å². The summed E-state index contributed by atoms with van der Waals surface area (Å²) in [5, 5.41) is 0. The Labute approximate surface area is 142 Å². The Kier molecular flexibility index (Phi) is 3.43. The van der Waals surface area contributed by atoms with Gasteiger partial charge in [0.15, 0.2) is 5.78 Å². The molecule has 0 bridgehead atoms. The van der Waals surface area contributed by atoms with E-state index < -0.39 is 0 Å². The first-order valence-corrected chi connectivity index (χ1v) is 10.0. The summed E-state index contributed by atoms with van der Waals surface area (Å²) in [4.78, 5) is 12.1. The van der Waals surface area contributed by atoms with Gasteiger partial charge in [-0.25, -0.2) is 0 Å². The minimum Gasteiger partial charge on any atom is -0.295 e. The molecule has 4 rings (SSSR count). The topological polar surface area (TPSA) is 17.1 Å². The molecule has 8 atom stereocenters. The van der Waals surface area contributed by atoms with Gasteiger partial charge in [-0.15, -0.1) is 0 Å².